The Morgan fingerprint density at radius 1 is 0.919 bits per heavy atom. The van der Waals surface area contributed by atoms with E-state index in [1.807, 2.05) is 24.3 Å². The van der Waals surface area contributed by atoms with Crippen molar-refractivity contribution in [3.8, 4) is 5.75 Å². The molecule has 1 fully saturated rings. The summed E-state index contributed by atoms with van der Waals surface area (Å²) in [7, 11) is 0. The second kappa shape index (κ2) is 15.0. The van der Waals surface area contributed by atoms with E-state index in [-0.39, 0.29) is 30.9 Å². The van der Waals surface area contributed by atoms with E-state index >= 15 is 0 Å². The van der Waals surface area contributed by atoms with Crippen LogP contribution in [0.2, 0.25) is 0 Å². The highest BCUT2D eigenvalue weighted by Crippen LogP contribution is 2.34. The van der Waals surface area contributed by atoms with Crippen LogP contribution >= 0.6 is 24.8 Å². The molecule has 1 aliphatic heterocycles. The van der Waals surface area contributed by atoms with Gasteiger partial charge in [0.05, 0.1) is 6.61 Å². The van der Waals surface area contributed by atoms with E-state index in [0.29, 0.717) is 30.0 Å². The minimum atomic E-state index is -1.93. The normalized spacial score (nSPS) is 15.5. The highest BCUT2D eigenvalue weighted by Gasteiger charge is 2.43. The van der Waals surface area contributed by atoms with E-state index < -0.39 is 11.6 Å². The largest absolute Gasteiger partial charge is 0.494 e. The fraction of sp³-hybridized carbons (Fsp3) is 0.345. The molecule has 0 aliphatic carbocycles. The Labute approximate surface area is 231 Å². The van der Waals surface area contributed by atoms with Crippen LogP contribution in [0, 0.1) is 0 Å². The number of aliphatic hydroxyl groups is 1. The molecule has 0 spiro atoms. The highest BCUT2D eigenvalue weighted by molar-refractivity contribution is 5.86. The van der Waals surface area contributed by atoms with Gasteiger partial charge in [-0.2, -0.15) is 0 Å². The lowest BCUT2D eigenvalue weighted by atomic mass is 9.86. The number of halogens is 2. The monoisotopic (exact) mass is 546 g/mol. The molecule has 1 heterocycles. The summed E-state index contributed by atoms with van der Waals surface area (Å²) in [5.41, 5.74) is 5.78. The van der Waals surface area contributed by atoms with Gasteiger partial charge in [-0.1, -0.05) is 72.8 Å². The average molecular weight is 548 g/mol. The SMILES string of the molecule is Cl.Cl.NCCCOc1cccc(C(O)(C(=O)OC2CCN(Cc3ccccc3)CC2)c2ccccc2)c1. The maximum absolute atomic E-state index is 13.5. The van der Waals surface area contributed by atoms with E-state index in [1.54, 1.807) is 48.5 Å². The maximum Gasteiger partial charge on any atom is 0.347 e. The van der Waals surface area contributed by atoms with E-state index in [9.17, 15) is 9.90 Å². The van der Waals surface area contributed by atoms with Gasteiger partial charge in [-0.25, -0.2) is 4.79 Å². The Morgan fingerprint density at radius 2 is 1.54 bits per heavy atom. The first-order chi connectivity index (χ1) is 17.1. The number of nitrogens with two attached hydrogens (primary N) is 1. The van der Waals surface area contributed by atoms with Gasteiger partial charge in [0, 0.05) is 25.2 Å². The molecule has 3 aromatic rings. The number of esters is 1. The molecule has 4 rings (SSSR count). The number of likely N-dealkylation sites (tertiary alicyclic amines) is 1. The lowest BCUT2D eigenvalue weighted by molar-refractivity contribution is -0.170. The maximum atomic E-state index is 13.5. The molecule has 0 amide bonds. The van der Waals surface area contributed by atoms with Gasteiger partial charge in [0.25, 0.3) is 0 Å². The molecular formula is C29H36Cl2N2O4. The molecule has 37 heavy (non-hydrogen) atoms. The van der Waals surface area contributed by atoms with E-state index in [1.165, 1.54) is 5.56 Å². The van der Waals surface area contributed by atoms with E-state index in [4.69, 9.17) is 15.2 Å². The van der Waals surface area contributed by atoms with Gasteiger partial charge in [0.15, 0.2) is 0 Å². The van der Waals surface area contributed by atoms with Crippen LogP contribution in [-0.4, -0.2) is 48.3 Å². The summed E-state index contributed by atoms with van der Waals surface area (Å²) in [6.45, 7) is 3.55. The number of hydrogen-bond donors (Lipinski definition) is 2. The van der Waals surface area contributed by atoms with Crippen LogP contribution in [0.25, 0.3) is 0 Å². The molecular weight excluding hydrogens is 511 g/mol. The van der Waals surface area contributed by atoms with Gasteiger partial charge < -0.3 is 20.3 Å². The second-order valence-electron chi connectivity index (χ2n) is 8.96. The number of piperidine rings is 1. The first-order valence-electron chi connectivity index (χ1n) is 12.3. The molecule has 8 heteroatoms. The molecule has 0 radical (unpaired) electrons. The van der Waals surface area contributed by atoms with Gasteiger partial charge in [-0.05, 0) is 49.1 Å². The van der Waals surface area contributed by atoms with Crippen LogP contribution < -0.4 is 10.5 Å². The molecule has 1 saturated heterocycles. The van der Waals surface area contributed by atoms with Gasteiger partial charge >= 0.3 is 5.97 Å². The zero-order valence-corrected chi connectivity index (χ0v) is 22.5. The van der Waals surface area contributed by atoms with Crippen molar-refractivity contribution in [1.82, 2.24) is 4.90 Å². The van der Waals surface area contributed by atoms with Crippen LogP contribution in [0.1, 0.15) is 36.0 Å². The topological polar surface area (TPSA) is 85.0 Å². The van der Waals surface area contributed by atoms with Crippen LogP contribution in [0.4, 0.5) is 0 Å². The fourth-order valence-corrected chi connectivity index (χ4v) is 4.43. The van der Waals surface area contributed by atoms with Gasteiger partial charge in [0.1, 0.15) is 11.9 Å². The Bertz CT molecular complexity index is 1080. The number of nitrogens with zero attached hydrogens (tertiary/aromatic N) is 1. The summed E-state index contributed by atoms with van der Waals surface area (Å²) in [6, 6.07) is 26.3. The third kappa shape index (κ3) is 7.94. The van der Waals surface area contributed by atoms with Crippen LogP contribution in [0.5, 0.6) is 5.75 Å². The predicted octanol–water partition coefficient (Wildman–Crippen LogP) is 4.70. The van der Waals surface area contributed by atoms with Crippen molar-refractivity contribution in [3.63, 3.8) is 0 Å². The number of hydrogen-bond acceptors (Lipinski definition) is 6. The number of benzene rings is 3. The van der Waals surface area contributed by atoms with E-state index in [0.717, 1.165) is 38.9 Å². The summed E-state index contributed by atoms with van der Waals surface area (Å²) in [4.78, 5) is 15.9. The van der Waals surface area contributed by atoms with Gasteiger partial charge in [0.2, 0.25) is 5.60 Å². The number of ether oxygens (including phenoxy) is 2. The van der Waals surface area contributed by atoms with Crippen LogP contribution in [0.3, 0.4) is 0 Å². The van der Waals surface area contributed by atoms with Crippen molar-refractivity contribution >= 4 is 30.8 Å². The number of rotatable bonds is 10. The number of carbonyl (C=O) groups is 1. The molecule has 0 bridgehead atoms. The van der Waals surface area contributed by atoms with Crippen LogP contribution in [-0.2, 0) is 21.7 Å². The molecule has 3 aromatic carbocycles. The van der Waals surface area contributed by atoms with Crippen molar-refractivity contribution in [2.24, 2.45) is 5.73 Å². The van der Waals surface area contributed by atoms with Crippen molar-refractivity contribution < 1.29 is 19.4 Å². The number of carbonyl (C=O) groups excluding carboxylic acids is 1. The smallest absolute Gasteiger partial charge is 0.347 e. The van der Waals surface area contributed by atoms with Gasteiger partial charge in [-0.3, -0.25) is 4.90 Å². The molecule has 1 atom stereocenters. The first kappa shape index (κ1) is 30.6. The Balaban J connectivity index is 0.00000241. The quantitative estimate of drug-likeness (QED) is 0.283. The molecule has 0 aromatic heterocycles. The zero-order chi connectivity index (χ0) is 24.5. The molecule has 200 valence electrons. The summed E-state index contributed by atoms with van der Waals surface area (Å²) >= 11 is 0. The van der Waals surface area contributed by atoms with Crippen molar-refractivity contribution in [1.29, 1.82) is 0 Å². The second-order valence-corrected chi connectivity index (χ2v) is 8.96. The summed E-state index contributed by atoms with van der Waals surface area (Å²) < 4.78 is 11.7. The molecule has 0 saturated carbocycles. The first-order valence-corrected chi connectivity index (χ1v) is 12.3. The molecule has 3 N–H and O–H groups in total. The summed E-state index contributed by atoms with van der Waals surface area (Å²) in [6.07, 6.45) is 1.93. The van der Waals surface area contributed by atoms with Gasteiger partial charge in [-0.15, -0.1) is 24.8 Å². The Kier molecular flexibility index (Phi) is 12.4. The average Bonchev–Trinajstić information content (AvgIpc) is 2.91. The molecule has 1 unspecified atom stereocenters. The minimum Gasteiger partial charge on any atom is -0.494 e. The standard InChI is InChI=1S/C29H34N2O4.2ClH/c30-17-8-20-34-27-14-7-13-25(21-27)29(33,24-11-5-2-6-12-24)28(32)35-26-15-18-31(19-16-26)22-23-9-3-1-4-10-23;;/h1-7,9-14,21,26,33H,8,15-20,22,30H2;2*1H. The predicted molar refractivity (Wildman–Crippen MR) is 150 cm³/mol. The van der Waals surface area contributed by atoms with Crippen molar-refractivity contribution in [3.05, 3.63) is 102 Å². The fourth-order valence-electron chi connectivity index (χ4n) is 4.43. The Morgan fingerprint density at radius 3 is 2.19 bits per heavy atom. The third-order valence-electron chi connectivity index (χ3n) is 6.41. The lowest BCUT2D eigenvalue weighted by Gasteiger charge is -2.34. The van der Waals surface area contributed by atoms with Crippen molar-refractivity contribution in [2.75, 3.05) is 26.2 Å². The Hall–Kier alpha value is -2.61. The zero-order valence-electron chi connectivity index (χ0n) is 20.8. The highest BCUT2D eigenvalue weighted by atomic mass is 35.5. The van der Waals surface area contributed by atoms with Crippen LogP contribution in [0.15, 0.2) is 84.9 Å². The molecule has 6 nitrogen and oxygen atoms in total. The summed E-state index contributed by atoms with van der Waals surface area (Å²) in [5.74, 6) is -0.0864. The summed E-state index contributed by atoms with van der Waals surface area (Å²) in [5, 5.41) is 11.8. The minimum absolute atomic E-state index is 0. The van der Waals surface area contributed by atoms with Crippen molar-refractivity contribution in [2.45, 2.75) is 37.5 Å². The molecule has 1 aliphatic rings. The lowest BCUT2D eigenvalue weighted by Crippen LogP contribution is -2.43. The van der Waals surface area contributed by atoms with E-state index in [2.05, 4.69) is 17.0 Å². The third-order valence-corrected chi connectivity index (χ3v) is 6.41.